The number of carbonyl (C=O) groups excluding carboxylic acids is 1. The highest BCUT2D eigenvalue weighted by Crippen LogP contribution is 2.30. The van der Waals surface area contributed by atoms with Crippen LogP contribution in [0.5, 0.6) is 0 Å². The summed E-state index contributed by atoms with van der Waals surface area (Å²) in [4.78, 5) is 30.8. The Balaban J connectivity index is 0.00000145. The van der Waals surface area contributed by atoms with E-state index in [1.54, 1.807) is 26.0 Å². The van der Waals surface area contributed by atoms with Crippen molar-refractivity contribution in [3.63, 3.8) is 0 Å². The summed E-state index contributed by atoms with van der Waals surface area (Å²) < 4.78 is 15.6. The molecule has 2 heterocycles. The van der Waals surface area contributed by atoms with Gasteiger partial charge in [-0.15, -0.1) is 0 Å². The van der Waals surface area contributed by atoms with Crippen LogP contribution in [0.2, 0.25) is 0 Å². The Labute approximate surface area is 169 Å². The molecule has 0 aliphatic carbocycles. The Morgan fingerprint density at radius 1 is 1.24 bits per heavy atom. The third-order valence-corrected chi connectivity index (χ3v) is 4.67. The zero-order valence-electron chi connectivity index (χ0n) is 17.5. The number of hydrogen-bond donors (Lipinski definition) is 2. The third kappa shape index (κ3) is 4.49. The second-order valence-electron chi connectivity index (χ2n) is 6.51. The maximum atomic E-state index is 14.3. The molecule has 0 bridgehead atoms. The molecule has 2 N–H and O–H groups in total. The van der Waals surface area contributed by atoms with Crippen molar-refractivity contribution in [1.82, 2.24) is 9.63 Å². The van der Waals surface area contributed by atoms with Crippen LogP contribution in [0.25, 0.3) is 0 Å². The Morgan fingerprint density at radius 3 is 2.55 bits per heavy atom. The van der Waals surface area contributed by atoms with Gasteiger partial charge in [0.25, 0.3) is 11.5 Å². The van der Waals surface area contributed by atoms with Crippen molar-refractivity contribution in [2.45, 2.75) is 34.1 Å². The van der Waals surface area contributed by atoms with Crippen LogP contribution in [-0.2, 0) is 18.3 Å². The van der Waals surface area contributed by atoms with Gasteiger partial charge in [-0.1, -0.05) is 19.9 Å². The molecule has 1 aromatic heterocycles. The molecule has 2 aromatic rings. The minimum atomic E-state index is -0.478. The number of halogens is 1. The number of anilines is 2. The quantitative estimate of drug-likeness (QED) is 0.799. The number of amides is 1. The number of fused-ring (bicyclic) bond motifs is 1. The van der Waals surface area contributed by atoms with Crippen LogP contribution < -0.4 is 10.9 Å². The van der Waals surface area contributed by atoms with E-state index in [1.165, 1.54) is 22.7 Å². The summed E-state index contributed by atoms with van der Waals surface area (Å²) >= 11 is 0. The molecule has 3 rings (SSSR count). The van der Waals surface area contributed by atoms with Gasteiger partial charge >= 0.3 is 0 Å². The van der Waals surface area contributed by atoms with Gasteiger partial charge < -0.3 is 10.4 Å². The van der Waals surface area contributed by atoms with E-state index in [1.807, 2.05) is 13.8 Å². The zero-order valence-corrected chi connectivity index (χ0v) is 17.5. The number of nitrogens with zero attached hydrogens (tertiary/aromatic N) is 2. The summed E-state index contributed by atoms with van der Waals surface area (Å²) in [6, 6.07) is 4.68. The summed E-state index contributed by atoms with van der Waals surface area (Å²) in [6.45, 7) is 7.49. The molecule has 1 aromatic carbocycles. The smallest absolute Gasteiger partial charge is 0.281 e. The molecule has 0 spiro atoms. The molecule has 0 saturated heterocycles. The molecule has 0 saturated carbocycles. The number of pyridine rings is 1. The van der Waals surface area contributed by atoms with Crippen LogP contribution in [0.4, 0.5) is 15.9 Å². The van der Waals surface area contributed by atoms with Gasteiger partial charge in [-0.3, -0.25) is 19.0 Å². The summed E-state index contributed by atoms with van der Waals surface area (Å²) in [5.41, 5.74) is 2.07. The van der Waals surface area contributed by atoms with Crippen molar-refractivity contribution < 1.29 is 19.1 Å². The predicted molar refractivity (Wildman–Crippen MR) is 110 cm³/mol. The van der Waals surface area contributed by atoms with E-state index in [2.05, 4.69) is 5.32 Å². The van der Waals surface area contributed by atoms with Crippen LogP contribution in [0.15, 0.2) is 23.0 Å². The lowest BCUT2D eigenvalue weighted by Crippen LogP contribution is -2.41. The minimum absolute atomic E-state index is 0.0127. The maximum Gasteiger partial charge on any atom is 0.281 e. The monoisotopic (exact) mass is 405 g/mol. The lowest BCUT2D eigenvalue weighted by molar-refractivity contribution is -0.132. The average molecular weight is 405 g/mol. The first-order valence-electron chi connectivity index (χ1n) is 9.66. The van der Waals surface area contributed by atoms with Gasteiger partial charge in [-0.25, -0.2) is 9.45 Å². The maximum absolute atomic E-state index is 14.3. The molecule has 0 atom stereocenters. The topological polar surface area (TPSA) is 83.8 Å². The zero-order chi connectivity index (χ0) is 21.7. The Hall–Kier alpha value is -2.71. The fraction of sp³-hybridized carbons (Fsp3) is 0.429. The fourth-order valence-corrected chi connectivity index (χ4v) is 3.23. The second kappa shape index (κ2) is 9.67. The number of aryl methyl sites for hydroxylation is 1. The number of nitrogens with one attached hydrogen (secondary N) is 1. The standard InChI is InChI=1S/C19H22FN3O4.C2H6/c1-11-4-5-15(14(20)10-11)21-17-16-13(12(2)18(25)22(17)3)6-7-23(19(16)26)27-9-8-24;1-2/h4-5,10,21,24H,6-9H2,1-3H3;1-2H3. The molecule has 0 unspecified atom stereocenters. The van der Waals surface area contributed by atoms with Crippen LogP contribution in [0.1, 0.15) is 40.9 Å². The molecule has 158 valence electrons. The fourth-order valence-electron chi connectivity index (χ4n) is 3.23. The van der Waals surface area contributed by atoms with Crippen molar-refractivity contribution in [1.29, 1.82) is 0 Å². The van der Waals surface area contributed by atoms with Crippen LogP contribution in [-0.4, -0.2) is 40.4 Å². The number of aromatic nitrogens is 1. The van der Waals surface area contributed by atoms with Crippen molar-refractivity contribution >= 4 is 17.4 Å². The molecular formula is C21H28FN3O4. The van der Waals surface area contributed by atoms with Gasteiger partial charge in [0.05, 0.1) is 31.0 Å². The summed E-state index contributed by atoms with van der Waals surface area (Å²) in [5, 5.41) is 13.0. The molecule has 1 amide bonds. The molecule has 29 heavy (non-hydrogen) atoms. The normalized spacial score (nSPS) is 12.9. The second-order valence-corrected chi connectivity index (χ2v) is 6.51. The summed E-state index contributed by atoms with van der Waals surface area (Å²) in [7, 11) is 1.53. The van der Waals surface area contributed by atoms with E-state index < -0.39 is 11.7 Å². The Morgan fingerprint density at radius 2 is 1.93 bits per heavy atom. The molecule has 8 heteroatoms. The minimum Gasteiger partial charge on any atom is -0.394 e. The Kier molecular flexibility index (Phi) is 7.53. The number of hydrogen-bond acceptors (Lipinski definition) is 5. The third-order valence-electron chi connectivity index (χ3n) is 4.67. The lowest BCUT2D eigenvalue weighted by atomic mass is 9.96. The van der Waals surface area contributed by atoms with Crippen LogP contribution in [0, 0.1) is 19.7 Å². The molecule has 1 aliphatic rings. The van der Waals surface area contributed by atoms with Gasteiger partial charge in [0.2, 0.25) is 0 Å². The predicted octanol–water partition coefficient (Wildman–Crippen LogP) is 2.83. The molecule has 1 aliphatic heterocycles. The van der Waals surface area contributed by atoms with Crippen molar-refractivity contribution in [3.8, 4) is 0 Å². The van der Waals surface area contributed by atoms with Gasteiger partial charge in [-0.05, 0) is 43.5 Å². The number of carbonyl (C=O) groups is 1. The molecule has 0 fully saturated rings. The van der Waals surface area contributed by atoms with Gasteiger partial charge in [0.1, 0.15) is 11.6 Å². The van der Waals surface area contributed by atoms with E-state index in [0.717, 1.165) is 5.56 Å². The van der Waals surface area contributed by atoms with Crippen LogP contribution in [0.3, 0.4) is 0 Å². The first kappa shape index (κ1) is 22.6. The van der Waals surface area contributed by atoms with E-state index in [0.29, 0.717) is 17.5 Å². The number of aliphatic hydroxyl groups is 1. The number of rotatable bonds is 5. The van der Waals surface area contributed by atoms with E-state index in [-0.39, 0.29) is 42.4 Å². The SMILES string of the molecule is CC.Cc1ccc(Nc2c3c(c(C)c(=O)n2C)CCN(OCCO)C3=O)c(F)c1. The highest BCUT2D eigenvalue weighted by Gasteiger charge is 2.32. The first-order chi connectivity index (χ1) is 13.8. The highest BCUT2D eigenvalue weighted by molar-refractivity contribution is 6.01. The first-order valence-corrected chi connectivity index (χ1v) is 9.66. The van der Waals surface area contributed by atoms with Gasteiger partial charge in [-0.2, -0.15) is 0 Å². The summed E-state index contributed by atoms with van der Waals surface area (Å²) in [6.07, 6.45) is 0.430. The van der Waals surface area contributed by atoms with Crippen molar-refractivity contribution in [2.75, 3.05) is 25.1 Å². The van der Waals surface area contributed by atoms with Crippen molar-refractivity contribution in [3.05, 3.63) is 56.6 Å². The van der Waals surface area contributed by atoms with Gasteiger partial charge in [0.15, 0.2) is 0 Å². The van der Waals surface area contributed by atoms with Crippen LogP contribution >= 0.6 is 0 Å². The highest BCUT2D eigenvalue weighted by atomic mass is 19.1. The number of hydroxylamine groups is 2. The largest absolute Gasteiger partial charge is 0.394 e. The number of aliphatic hydroxyl groups excluding tert-OH is 1. The lowest BCUT2D eigenvalue weighted by Gasteiger charge is -2.30. The molecular weight excluding hydrogens is 377 g/mol. The molecule has 0 radical (unpaired) electrons. The van der Waals surface area contributed by atoms with E-state index >= 15 is 0 Å². The van der Waals surface area contributed by atoms with E-state index in [4.69, 9.17) is 9.94 Å². The average Bonchev–Trinajstić information content (AvgIpc) is 2.71. The van der Waals surface area contributed by atoms with Gasteiger partial charge in [0, 0.05) is 12.6 Å². The van der Waals surface area contributed by atoms with E-state index in [9.17, 15) is 14.0 Å². The molecule has 7 nitrogen and oxygen atoms in total. The summed E-state index contributed by atoms with van der Waals surface area (Å²) in [5.74, 6) is -0.697. The number of benzene rings is 1. The Bertz CT molecular complexity index is 956. The van der Waals surface area contributed by atoms with Crippen molar-refractivity contribution in [2.24, 2.45) is 7.05 Å².